The molecule has 0 aliphatic carbocycles. The fourth-order valence-electron chi connectivity index (χ4n) is 3.12. The minimum Gasteiger partial charge on any atom is -0.396 e. The van der Waals surface area contributed by atoms with Crippen molar-refractivity contribution in [1.82, 2.24) is 14.9 Å². The van der Waals surface area contributed by atoms with Gasteiger partial charge in [0.2, 0.25) is 5.91 Å². The normalized spacial score (nSPS) is 10.9. The van der Waals surface area contributed by atoms with E-state index in [1.165, 1.54) is 22.8 Å². The summed E-state index contributed by atoms with van der Waals surface area (Å²) >= 11 is 11.7. The van der Waals surface area contributed by atoms with E-state index in [9.17, 15) is 19.1 Å². The maximum absolute atomic E-state index is 13.3. The first-order valence-corrected chi connectivity index (χ1v) is 10.2. The molecule has 2 aromatic carbocycles. The molecule has 0 unspecified atom stereocenters. The minimum absolute atomic E-state index is 0.0376. The maximum atomic E-state index is 13.3. The Labute approximate surface area is 188 Å². The molecule has 9 heteroatoms. The van der Waals surface area contributed by atoms with Crippen molar-refractivity contribution in [2.75, 3.05) is 6.61 Å². The number of hydrogen-bond donors (Lipinski definition) is 2. The van der Waals surface area contributed by atoms with E-state index in [1.807, 2.05) is 0 Å². The second-order valence-electron chi connectivity index (χ2n) is 6.90. The summed E-state index contributed by atoms with van der Waals surface area (Å²) in [5.41, 5.74) is 1.68. The van der Waals surface area contributed by atoms with Crippen LogP contribution in [0.25, 0.3) is 11.4 Å². The highest BCUT2D eigenvalue weighted by Crippen LogP contribution is 2.20. The summed E-state index contributed by atoms with van der Waals surface area (Å²) < 4.78 is 14.6. The summed E-state index contributed by atoms with van der Waals surface area (Å²) in [5, 5.41) is 12.5. The van der Waals surface area contributed by atoms with E-state index < -0.39 is 17.3 Å². The number of rotatable bonds is 7. The van der Waals surface area contributed by atoms with Gasteiger partial charge in [-0.2, -0.15) is 0 Å². The fraction of sp³-hybridized carbons (Fsp3) is 0.227. The molecular weight excluding hydrogens is 444 g/mol. The molecule has 162 valence electrons. The SMILES string of the molecule is Cc1nc(-c2ccc(Cl)cc2)n(CC(=O)NCc2ccc(F)c(Cl)c2)c(=O)c1CCO. The van der Waals surface area contributed by atoms with Gasteiger partial charge in [0.25, 0.3) is 5.56 Å². The molecule has 6 nitrogen and oxygen atoms in total. The Morgan fingerprint density at radius 2 is 1.90 bits per heavy atom. The van der Waals surface area contributed by atoms with Crippen LogP contribution in [0.5, 0.6) is 0 Å². The Hall–Kier alpha value is -2.74. The molecule has 0 aliphatic rings. The molecule has 0 aliphatic heterocycles. The zero-order valence-electron chi connectivity index (χ0n) is 16.7. The largest absolute Gasteiger partial charge is 0.396 e. The Morgan fingerprint density at radius 3 is 2.55 bits per heavy atom. The summed E-state index contributed by atoms with van der Waals surface area (Å²) in [6.45, 7) is 1.31. The number of aryl methyl sites for hydroxylation is 1. The third-order valence-corrected chi connectivity index (χ3v) is 5.25. The average Bonchev–Trinajstić information content (AvgIpc) is 2.74. The number of nitrogens with one attached hydrogen (secondary N) is 1. The number of carbonyl (C=O) groups is 1. The van der Waals surface area contributed by atoms with Gasteiger partial charge in [-0.05, 0) is 48.9 Å². The Kier molecular flexibility index (Phi) is 7.43. The monoisotopic (exact) mass is 463 g/mol. The number of aliphatic hydroxyl groups is 1. The molecule has 3 rings (SSSR count). The predicted octanol–water partition coefficient (Wildman–Crippen LogP) is 3.52. The molecule has 0 saturated heterocycles. The van der Waals surface area contributed by atoms with E-state index >= 15 is 0 Å². The molecule has 0 atom stereocenters. The van der Waals surface area contributed by atoms with Crippen LogP contribution in [0, 0.1) is 12.7 Å². The molecule has 2 N–H and O–H groups in total. The molecule has 0 fully saturated rings. The van der Waals surface area contributed by atoms with E-state index in [2.05, 4.69) is 10.3 Å². The summed E-state index contributed by atoms with van der Waals surface area (Å²) in [7, 11) is 0. The van der Waals surface area contributed by atoms with Crippen molar-refractivity contribution < 1.29 is 14.3 Å². The number of hydrogen-bond acceptors (Lipinski definition) is 4. The first-order chi connectivity index (χ1) is 14.8. The van der Waals surface area contributed by atoms with Crippen LogP contribution in [0.3, 0.4) is 0 Å². The molecule has 0 bridgehead atoms. The zero-order valence-corrected chi connectivity index (χ0v) is 18.2. The standard InChI is InChI=1S/C22H20Cl2FN3O3/c1-13-17(8-9-29)22(31)28(21(27-13)15-3-5-16(23)6-4-15)12-20(30)26-11-14-2-7-19(25)18(24)10-14/h2-7,10,29H,8-9,11-12H2,1H3,(H,26,30). The quantitative estimate of drug-likeness (QED) is 0.561. The topological polar surface area (TPSA) is 84.2 Å². The Balaban J connectivity index is 1.91. The molecule has 1 amide bonds. The molecule has 1 aromatic heterocycles. The maximum Gasteiger partial charge on any atom is 0.257 e. The highest BCUT2D eigenvalue weighted by molar-refractivity contribution is 6.31. The summed E-state index contributed by atoms with van der Waals surface area (Å²) in [4.78, 5) is 30.2. The molecule has 0 saturated carbocycles. The number of carbonyl (C=O) groups excluding carboxylic acids is 1. The van der Waals surface area contributed by atoms with Crippen molar-refractivity contribution >= 4 is 29.1 Å². The third kappa shape index (κ3) is 5.50. The average molecular weight is 464 g/mol. The number of nitrogens with zero attached hydrogens (tertiary/aromatic N) is 2. The van der Waals surface area contributed by atoms with Crippen molar-refractivity contribution in [3.63, 3.8) is 0 Å². The van der Waals surface area contributed by atoms with Gasteiger partial charge in [-0.1, -0.05) is 29.3 Å². The molecule has 31 heavy (non-hydrogen) atoms. The van der Waals surface area contributed by atoms with Crippen LogP contribution >= 0.6 is 23.2 Å². The van der Waals surface area contributed by atoms with Gasteiger partial charge in [-0.25, -0.2) is 9.37 Å². The van der Waals surface area contributed by atoms with E-state index in [1.54, 1.807) is 31.2 Å². The van der Waals surface area contributed by atoms with Crippen molar-refractivity contribution in [2.24, 2.45) is 0 Å². The van der Waals surface area contributed by atoms with Gasteiger partial charge in [0.15, 0.2) is 0 Å². The summed E-state index contributed by atoms with van der Waals surface area (Å²) in [6, 6.07) is 10.9. The van der Waals surface area contributed by atoms with Crippen LogP contribution in [0.2, 0.25) is 10.0 Å². The molecule has 1 heterocycles. The predicted molar refractivity (Wildman–Crippen MR) is 118 cm³/mol. The smallest absolute Gasteiger partial charge is 0.257 e. The van der Waals surface area contributed by atoms with Crippen LogP contribution in [-0.4, -0.2) is 27.2 Å². The first kappa shape index (κ1) is 22.9. The molecular formula is C22H20Cl2FN3O3. The Bertz CT molecular complexity index is 1160. The molecule has 0 spiro atoms. The molecule has 0 radical (unpaired) electrons. The van der Waals surface area contributed by atoms with Gasteiger partial charge >= 0.3 is 0 Å². The van der Waals surface area contributed by atoms with Gasteiger partial charge in [-0.3, -0.25) is 14.2 Å². The number of amides is 1. The van der Waals surface area contributed by atoms with Crippen molar-refractivity contribution in [1.29, 1.82) is 0 Å². The van der Waals surface area contributed by atoms with Gasteiger partial charge in [-0.15, -0.1) is 0 Å². The van der Waals surface area contributed by atoms with Crippen molar-refractivity contribution in [3.8, 4) is 11.4 Å². The van der Waals surface area contributed by atoms with Gasteiger partial charge in [0.05, 0.1) is 5.02 Å². The lowest BCUT2D eigenvalue weighted by molar-refractivity contribution is -0.121. The van der Waals surface area contributed by atoms with E-state index in [0.717, 1.165) is 0 Å². The summed E-state index contributed by atoms with van der Waals surface area (Å²) in [6.07, 6.45) is 0.133. The zero-order chi connectivity index (χ0) is 22.5. The highest BCUT2D eigenvalue weighted by atomic mass is 35.5. The number of aromatic nitrogens is 2. The summed E-state index contributed by atoms with van der Waals surface area (Å²) in [5.74, 6) is -0.655. The van der Waals surface area contributed by atoms with Crippen molar-refractivity contribution in [3.05, 3.63) is 85.5 Å². The van der Waals surface area contributed by atoms with Gasteiger partial charge in [0, 0.05) is 41.4 Å². The van der Waals surface area contributed by atoms with Crippen LogP contribution in [0.1, 0.15) is 16.8 Å². The van der Waals surface area contributed by atoms with Gasteiger partial charge < -0.3 is 10.4 Å². The third-order valence-electron chi connectivity index (χ3n) is 4.71. The Morgan fingerprint density at radius 1 is 1.19 bits per heavy atom. The molecule has 3 aromatic rings. The van der Waals surface area contributed by atoms with E-state index in [0.29, 0.717) is 33.2 Å². The highest BCUT2D eigenvalue weighted by Gasteiger charge is 2.17. The lowest BCUT2D eigenvalue weighted by Gasteiger charge is -2.16. The number of aliphatic hydroxyl groups excluding tert-OH is 1. The van der Waals surface area contributed by atoms with Crippen LogP contribution in [0.15, 0.2) is 47.3 Å². The number of benzene rings is 2. The van der Waals surface area contributed by atoms with Crippen LogP contribution in [-0.2, 0) is 24.3 Å². The fourth-order valence-corrected chi connectivity index (χ4v) is 3.45. The second-order valence-corrected chi connectivity index (χ2v) is 7.74. The van der Waals surface area contributed by atoms with E-state index in [4.69, 9.17) is 23.2 Å². The van der Waals surface area contributed by atoms with Crippen LogP contribution in [0.4, 0.5) is 4.39 Å². The first-order valence-electron chi connectivity index (χ1n) is 9.48. The second kappa shape index (κ2) is 10.0. The van der Waals surface area contributed by atoms with Gasteiger partial charge in [0.1, 0.15) is 18.2 Å². The van der Waals surface area contributed by atoms with Crippen molar-refractivity contribution in [2.45, 2.75) is 26.4 Å². The van der Waals surface area contributed by atoms with Crippen LogP contribution < -0.4 is 10.9 Å². The van der Waals surface area contributed by atoms with E-state index in [-0.39, 0.29) is 31.1 Å². The lowest BCUT2D eigenvalue weighted by Crippen LogP contribution is -2.35. The lowest BCUT2D eigenvalue weighted by atomic mass is 10.1. The minimum atomic E-state index is -0.543. The number of halogens is 3.